The lowest BCUT2D eigenvalue weighted by Crippen LogP contribution is -2.53. The highest BCUT2D eigenvalue weighted by molar-refractivity contribution is 7.89. The van der Waals surface area contributed by atoms with Gasteiger partial charge in [-0.2, -0.15) is 0 Å². The number of sulfonamides is 1. The molecule has 3 rings (SSSR count). The summed E-state index contributed by atoms with van der Waals surface area (Å²) in [5.41, 5.74) is 6.05. The van der Waals surface area contributed by atoms with Crippen molar-refractivity contribution in [1.29, 1.82) is 5.41 Å². The van der Waals surface area contributed by atoms with Crippen molar-refractivity contribution >= 4 is 55.3 Å². The first-order chi connectivity index (χ1) is 19.9. The number of rotatable bonds is 14. The van der Waals surface area contributed by atoms with Gasteiger partial charge in [0.25, 0.3) is 0 Å². The quantitative estimate of drug-likeness (QED) is 0.0906. The summed E-state index contributed by atoms with van der Waals surface area (Å²) in [5.74, 6) is -0.997. The molecule has 6 N–H and O–H groups in total. The average molecular weight is 624 g/mol. The number of piperidine rings is 1. The van der Waals surface area contributed by atoms with E-state index in [9.17, 15) is 22.8 Å². The van der Waals surface area contributed by atoms with Gasteiger partial charge in [0.15, 0.2) is 11.0 Å². The number of hydrogen-bond donors (Lipinski definition) is 5. The second kappa shape index (κ2) is 15.3. The van der Waals surface area contributed by atoms with Gasteiger partial charge in [-0.15, -0.1) is 11.3 Å². The summed E-state index contributed by atoms with van der Waals surface area (Å²) in [6.45, 7) is 6.28. The lowest BCUT2D eigenvalue weighted by atomic mass is 10.0. The van der Waals surface area contributed by atoms with Crippen LogP contribution in [0.15, 0.2) is 24.3 Å². The Labute approximate surface area is 250 Å². The summed E-state index contributed by atoms with van der Waals surface area (Å²) >= 11 is 1.24. The Balaban J connectivity index is 1.67. The van der Waals surface area contributed by atoms with E-state index in [-0.39, 0.29) is 47.9 Å². The van der Waals surface area contributed by atoms with Crippen LogP contribution < -0.4 is 21.7 Å². The second-order valence-electron chi connectivity index (χ2n) is 10.6. The van der Waals surface area contributed by atoms with Crippen molar-refractivity contribution < 1.29 is 27.5 Å². The van der Waals surface area contributed by atoms with Gasteiger partial charge in [-0.3, -0.25) is 15.0 Å². The molecule has 1 fully saturated rings. The number of thiazole rings is 1. The van der Waals surface area contributed by atoms with Crippen molar-refractivity contribution in [1.82, 2.24) is 25.2 Å². The molecule has 0 bridgehead atoms. The molecular weight excluding hydrogens is 582 g/mol. The van der Waals surface area contributed by atoms with E-state index in [1.54, 1.807) is 6.92 Å². The molecule has 2 heterocycles. The predicted octanol–water partition coefficient (Wildman–Crippen LogP) is 2.18. The molecule has 1 aliphatic heterocycles. The molecule has 2 aromatic rings. The van der Waals surface area contributed by atoms with Crippen LogP contribution in [0.2, 0.25) is 0 Å². The van der Waals surface area contributed by atoms with Crippen LogP contribution in [0.5, 0.6) is 0 Å². The SMILES string of the molecule is CCS(=O)(=O)N1CCC(OC(=O)NC(CC(C)C)C(=O)N[C@@H](CCCNC(=N)N)C(=O)c2nc3ccccc3s2)CC1. The third kappa shape index (κ3) is 9.63. The van der Waals surface area contributed by atoms with E-state index in [4.69, 9.17) is 15.9 Å². The number of nitrogens with one attached hydrogen (secondary N) is 4. The van der Waals surface area contributed by atoms with Gasteiger partial charge in [0.05, 0.1) is 22.0 Å². The van der Waals surface area contributed by atoms with Crippen molar-refractivity contribution in [2.24, 2.45) is 11.7 Å². The van der Waals surface area contributed by atoms with Crippen LogP contribution in [0, 0.1) is 11.3 Å². The number of aromatic nitrogens is 1. The van der Waals surface area contributed by atoms with Gasteiger partial charge >= 0.3 is 6.09 Å². The van der Waals surface area contributed by atoms with E-state index in [0.29, 0.717) is 37.7 Å². The van der Waals surface area contributed by atoms with Crippen molar-refractivity contribution in [2.75, 3.05) is 25.4 Å². The van der Waals surface area contributed by atoms with E-state index in [2.05, 4.69) is 20.9 Å². The van der Waals surface area contributed by atoms with Crippen LogP contribution >= 0.6 is 11.3 Å². The first-order valence-electron chi connectivity index (χ1n) is 14.1. The number of guanidine groups is 1. The Morgan fingerprint density at radius 2 is 1.86 bits per heavy atom. The number of alkyl carbamates (subject to hydrolysis) is 1. The molecule has 2 amide bonds. The van der Waals surface area contributed by atoms with Crippen molar-refractivity contribution in [3.05, 3.63) is 29.3 Å². The highest BCUT2D eigenvalue weighted by atomic mass is 32.2. The van der Waals surface area contributed by atoms with Gasteiger partial charge in [-0.05, 0) is 57.1 Å². The maximum absolute atomic E-state index is 13.5. The fraction of sp³-hybridized carbons (Fsp3) is 0.593. The lowest BCUT2D eigenvalue weighted by molar-refractivity contribution is -0.124. The van der Waals surface area contributed by atoms with Crippen LogP contribution in [0.25, 0.3) is 10.2 Å². The standard InChI is InChI=1S/C27H41N7O6S2/c1-4-42(38,39)34-14-11-18(12-15-34)40-27(37)33-21(16-17(2)3)24(36)31-20(9-7-13-30-26(28)29)23(35)25-32-19-8-5-6-10-22(19)41-25/h5-6,8,10,17-18,20-21H,4,7,9,11-16H2,1-3H3,(H,31,36)(H,33,37)(H4,28,29,30)/t20-,21?/m0/s1. The number of fused-ring (bicyclic) bond motifs is 1. The molecule has 42 heavy (non-hydrogen) atoms. The van der Waals surface area contributed by atoms with Crippen LogP contribution in [-0.4, -0.2) is 85.0 Å². The number of hydrogen-bond acceptors (Lipinski definition) is 9. The number of Topliss-reactive ketones (excluding diaryl/α,β-unsaturated/α-hetero) is 1. The first-order valence-corrected chi connectivity index (χ1v) is 16.5. The minimum atomic E-state index is -3.30. The predicted molar refractivity (Wildman–Crippen MR) is 162 cm³/mol. The third-order valence-corrected chi connectivity index (χ3v) is 9.80. The van der Waals surface area contributed by atoms with E-state index >= 15 is 0 Å². The monoisotopic (exact) mass is 623 g/mol. The molecule has 1 saturated heterocycles. The largest absolute Gasteiger partial charge is 0.446 e. The summed E-state index contributed by atoms with van der Waals surface area (Å²) in [7, 11) is -3.30. The Hall–Kier alpha value is -3.30. The van der Waals surface area contributed by atoms with Gasteiger partial charge in [0.2, 0.25) is 21.7 Å². The second-order valence-corrected chi connectivity index (χ2v) is 13.9. The molecule has 1 aromatic heterocycles. The summed E-state index contributed by atoms with van der Waals surface area (Å²) in [6.07, 6.45) is 0.492. The topological polar surface area (TPSA) is 197 Å². The van der Waals surface area contributed by atoms with E-state index < -0.39 is 40.2 Å². The number of nitrogens with two attached hydrogens (primary N) is 1. The Morgan fingerprint density at radius 1 is 1.17 bits per heavy atom. The molecule has 15 heteroatoms. The molecule has 0 radical (unpaired) electrons. The number of ketones is 1. The number of carbonyl (C=O) groups excluding carboxylic acids is 3. The molecular formula is C27H41N7O6S2. The molecule has 13 nitrogen and oxygen atoms in total. The van der Waals surface area contributed by atoms with Crippen LogP contribution in [0.1, 0.15) is 62.7 Å². The van der Waals surface area contributed by atoms with Crippen LogP contribution in [0.3, 0.4) is 0 Å². The van der Waals surface area contributed by atoms with Gasteiger partial charge in [-0.25, -0.2) is 22.5 Å². The van der Waals surface area contributed by atoms with Gasteiger partial charge in [0, 0.05) is 19.6 Å². The molecule has 232 valence electrons. The smallest absolute Gasteiger partial charge is 0.408 e. The molecule has 1 unspecified atom stereocenters. The van der Waals surface area contributed by atoms with Crippen molar-refractivity contribution in [3.8, 4) is 0 Å². The Morgan fingerprint density at radius 3 is 2.48 bits per heavy atom. The maximum atomic E-state index is 13.5. The fourth-order valence-electron chi connectivity index (χ4n) is 4.64. The highest BCUT2D eigenvalue weighted by Crippen LogP contribution is 2.23. The zero-order chi connectivity index (χ0) is 30.9. The summed E-state index contributed by atoms with van der Waals surface area (Å²) < 4.78 is 32.0. The molecule has 0 saturated carbocycles. The molecule has 2 atom stereocenters. The van der Waals surface area contributed by atoms with E-state index in [1.807, 2.05) is 38.1 Å². The Bertz CT molecular complexity index is 1320. The zero-order valence-electron chi connectivity index (χ0n) is 24.2. The Kier molecular flexibility index (Phi) is 12.1. The number of amides is 2. The summed E-state index contributed by atoms with van der Waals surface area (Å²) in [5, 5.41) is 15.8. The molecule has 0 spiro atoms. The average Bonchev–Trinajstić information content (AvgIpc) is 3.38. The van der Waals surface area contributed by atoms with E-state index in [1.165, 1.54) is 15.6 Å². The summed E-state index contributed by atoms with van der Waals surface area (Å²) in [4.78, 5) is 44.2. The third-order valence-electron chi connectivity index (χ3n) is 6.87. The van der Waals surface area contributed by atoms with Crippen molar-refractivity contribution in [3.63, 3.8) is 0 Å². The maximum Gasteiger partial charge on any atom is 0.408 e. The lowest BCUT2D eigenvalue weighted by Gasteiger charge is -2.31. The fourth-order valence-corrected chi connectivity index (χ4v) is 6.73. The van der Waals surface area contributed by atoms with Crippen LogP contribution in [0.4, 0.5) is 4.79 Å². The minimum Gasteiger partial charge on any atom is -0.446 e. The van der Waals surface area contributed by atoms with Crippen molar-refractivity contribution in [2.45, 2.75) is 71.1 Å². The number of carbonyl (C=O) groups is 3. The molecule has 0 aliphatic carbocycles. The van der Waals surface area contributed by atoms with Gasteiger partial charge < -0.3 is 26.4 Å². The normalized spacial score (nSPS) is 16.1. The molecule has 1 aromatic carbocycles. The number of ether oxygens (including phenoxy) is 1. The first kappa shape index (κ1) is 33.2. The molecule has 1 aliphatic rings. The number of nitrogens with zero attached hydrogens (tertiary/aromatic N) is 2. The van der Waals surface area contributed by atoms with Crippen LogP contribution in [-0.2, 0) is 19.6 Å². The van der Waals surface area contributed by atoms with E-state index in [0.717, 1.165) is 4.70 Å². The zero-order valence-corrected chi connectivity index (χ0v) is 25.9. The van der Waals surface area contributed by atoms with Gasteiger partial charge in [0.1, 0.15) is 12.1 Å². The number of para-hydroxylation sites is 1. The minimum absolute atomic E-state index is 0.0146. The van der Waals surface area contributed by atoms with Gasteiger partial charge in [-0.1, -0.05) is 26.0 Å². The highest BCUT2D eigenvalue weighted by Gasteiger charge is 2.32. The number of benzene rings is 1. The summed E-state index contributed by atoms with van der Waals surface area (Å²) in [6, 6.07) is 5.51.